The molecule has 0 spiro atoms. The molecular formula is C15H30O3Si. The molecular weight excluding hydrogens is 256 g/mol. The highest BCUT2D eigenvalue weighted by molar-refractivity contribution is 6.74. The van der Waals surface area contributed by atoms with Gasteiger partial charge in [-0.15, -0.1) is 6.58 Å². The summed E-state index contributed by atoms with van der Waals surface area (Å²) < 4.78 is 29.6. The van der Waals surface area contributed by atoms with Crippen LogP contribution >= 0.6 is 0 Å². The van der Waals surface area contributed by atoms with Gasteiger partial charge >= 0.3 is 0 Å². The minimum Gasteiger partial charge on any atom is -0.414 e. The molecule has 0 unspecified atom stereocenters. The standard InChI is InChI=1S/C15H30O3Si/c1-7-8-11-12(10-16)13(17)9-14(11)18-19(5,6)15(2,3)4/h7,11-14,16-17H,1,8-10H2,2-6H3/t11-,12-,13-,14+/m1/s1/i10D2,13D. The van der Waals surface area contributed by atoms with Crippen LogP contribution in [0.25, 0.3) is 0 Å². The smallest absolute Gasteiger partial charge is 0.192 e. The first-order valence-electron chi connectivity index (χ1n) is 8.37. The third-order valence-corrected chi connectivity index (χ3v) is 9.01. The van der Waals surface area contributed by atoms with Crippen molar-refractivity contribution in [2.75, 3.05) is 6.56 Å². The number of aliphatic hydroxyl groups is 2. The van der Waals surface area contributed by atoms with Gasteiger partial charge in [0.2, 0.25) is 0 Å². The number of hydrogen-bond donors (Lipinski definition) is 2. The molecule has 0 aromatic carbocycles. The second kappa shape index (κ2) is 6.08. The molecule has 0 radical (unpaired) electrons. The fourth-order valence-corrected chi connectivity index (χ4v) is 3.65. The Kier molecular flexibility index (Phi) is 4.02. The molecule has 0 aromatic heterocycles. The van der Waals surface area contributed by atoms with E-state index < -0.39 is 38.9 Å². The highest BCUT2D eigenvalue weighted by atomic mass is 28.4. The van der Waals surface area contributed by atoms with Gasteiger partial charge in [-0.1, -0.05) is 26.8 Å². The first-order valence-corrected chi connectivity index (χ1v) is 9.78. The van der Waals surface area contributed by atoms with Crippen molar-refractivity contribution in [3.05, 3.63) is 12.7 Å². The molecule has 4 heteroatoms. The minimum absolute atomic E-state index is 0.00273. The second-order valence-electron chi connectivity index (χ2n) is 6.91. The second-order valence-corrected chi connectivity index (χ2v) is 11.7. The Bertz CT molecular complexity index is 413. The van der Waals surface area contributed by atoms with Gasteiger partial charge in [0.05, 0.1) is 16.3 Å². The van der Waals surface area contributed by atoms with Gasteiger partial charge in [0.1, 0.15) is 0 Å². The Hall–Kier alpha value is -0.163. The molecule has 1 aliphatic carbocycles. The molecule has 4 atom stereocenters. The number of hydrogen-bond acceptors (Lipinski definition) is 3. The molecule has 0 aromatic rings. The lowest BCUT2D eigenvalue weighted by atomic mass is 9.91. The zero-order chi connectivity index (χ0) is 17.6. The van der Waals surface area contributed by atoms with Gasteiger partial charge in [0.25, 0.3) is 0 Å². The monoisotopic (exact) mass is 289 g/mol. The van der Waals surface area contributed by atoms with Crippen LogP contribution in [0, 0.1) is 11.8 Å². The van der Waals surface area contributed by atoms with Crippen molar-refractivity contribution in [3.8, 4) is 0 Å². The van der Waals surface area contributed by atoms with E-state index in [2.05, 4.69) is 40.4 Å². The van der Waals surface area contributed by atoms with Crippen molar-refractivity contribution < 1.29 is 18.8 Å². The third-order valence-electron chi connectivity index (χ3n) is 4.51. The van der Waals surface area contributed by atoms with Crippen LogP contribution in [0.3, 0.4) is 0 Å². The molecule has 3 nitrogen and oxygen atoms in total. The molecule has 1 aliphatic rings. The van der Waals surface area contributed by atoms with Gasteiger partial charge in [-0.05, 0) is 36.9 Å². The molecule has 0 heterocycles. The summed E-state index contributed by atoms with van der Waals surface area (Å²) in [6.45, 7) is 11.5. The van der Waals surface area contributed by atoms with Crippen LogP contribution < -0.4 is 0 Å². The predicted molar refractivity (Wildman–Crippen MR) is 81.6 cm³/mol. The van der Waals surface area contributed by atoms with Gasteiger partial charge in [-0.3, -0.25) is 0 Å². The Balaban J connectivity index is 3.13. The van der Waals surface area contributed by atoms with Crippen molar-refractivity contribution in [2.45, 2.75) is 63.9 Å². The Morgan fingerprint density at radius 1 is 1.47 bits per heavy atom. The molecule has 19 heavy (non-hydrogen) atoms. The van der Waals surface area contributed by atoms with Gasteiger partial charge in [0, 0.05) is 12.5 Å². The Morgan fingerprint density at radius 3 is 2.47 bits per heavy atom. The highest BCUT2D eigenvalue weighted by Crippen LogP contribution is 2.43. The average molecular weight is 290 g/mol. The molecule has 0 amide bonds. The van der Waals surface area contributed by atoms with Crippen LogP contribution in [0.2, 0.25) is 18.1 Å². The summed E-state index contributed by atoms with van der Waals surface area (Å²) in [6, 6.07) is 0. The van der Waals surface area contributed by atoms with Gasteiger partial charge in [0.15, 0.2) is 8.32 Å². The van der Waals surface area contributed by atoms with Crippen LogP contribution in [-0.4, -0.2) is 37.3 Å². The van der Waals surface area contributed by atoms with Crippen LogP contribution in [-0.2, 0) is 4.43 Å². The molecule has 0 aliphatic heterocycles. The molecule has 0 saturated heterocycles. The van der Waals surface area contributed by atoms with Gasteiger partial charge in [-0.25, -0.2) is 0 Å². The Labute approximate surface area is 123 Å². The summed E-state index contributed by atoms with van der Waals surface area (Å²) in [4.78, 5) is 0. The summed E-state index contributed by atoms with van der Waals surface area (Å²) in [6.07, 6.45) is -0.465. The number of rotatable bonds is 5. The topological polar surface area (TPSA) is 49.7 Å². The van der Waals surface area contributed by atoms with E-state index in [1.165, 1.54) is 0 Å². The van der Waals surface area contributed by atoms with E-state index in [1.807, 2.05) is 0 Å². The van der Waals surface area contributed by atoms with Crippen molar-refractivity contribution in [2.24, 2.45) is 11.8 Å². The normalized spacial score (nSPS) is 39.5. The van der Waals surface area contributed by atoms with Crippen molar-refractivity contribution in [3.63, 3.8) is 0 Å². The predicted octanol–water partition coefficient (Wildman–Crippen LogP) is 2.94. The first kappa shape index (κ1) is 12.6. The van der Waals surface area contributed by atoms with Crippen molar-refractivity contribution in [1.82, 2.24) is 0 Å². The molecule has 112 valence electrons. The van der Waals surface area contributed by atoms with Crippen LogP contribution in [0.1, 0.15) is 37.7 Å². The van der Waals surface area contributed by atoms with E-state index in [0.29, 0.717) is 6.42 Å². The maximum atomic E-state index is 10.3. The maximum absolute atomic E-state index is 10.3. The van der Waals surface area contributed by atoms with E-state index in [-0.39, 0.29) is 11.5 Å². The average Bonchev–Trinajstić information content (AvgIpc) is 2.46. The molecule has 1 rings (SSSR count). The van der Waals surface area contributed by atoms with Crippen LogP contribution in [0.4, 0.5) is 0 Å². The zero-order valence-electron chi connectivity index (χ0n) is 15.7. The van der Waals surface area contributed by atoms with Gasteiger partial charge in [-0.2, -0.15) is 0 Å². The molecule has 0 bridgehead atoms. The third kappa shape index (κ3) is 3.69. The van der Waals surface area contributed by atoms with E-state index >= 15 is 0 Å². The van der Waals surface area contributed by atoms with E-state index in [9.17, 15) is 10.2 Å². The van der Waals surface area contributed by atoms with Gasteiger partial charge < -0.3 is 14.6 Å². The lowest BCUT2D eigenvalue weighted by Gasteiger charge is -2.40. The van der Waals surface area contributed by atoms with E-state index in [1.54, 1.807) is 6.08 Å². The summed E-state index contributed by atoms with van der Waals surface area (Å²) in [5.41, 5.74) is 0. The molecule has 2 N–H and O–H groups in total. The summed E-state index contributed by atoms with van der Waals surface area (Å²) in [5.74, 6) is -1.68. The van der Waals surface area contributed by atoms with Crippen LogP contribution in [0.5, 0.6) is 0 Å². The molecule has 1 fully saturated rings. The van der Waals surface area contributed by atoms with Crippen molar-refractivity contribution in [1.29, 1.82) is 0 Å². The SMILES string of the molecule is [2H]C([2H])(O)[C@@H]1[C@@H](CC=C)[C@@H](O[Si](C)(C)C(C)(C)C)C[C@@]1([2H])O. The lowest BCUT2D eigenvalue weighted by Crippen LogP contribution is -2.45. The summed E-state index contributed by atoms with van der Waals surface area (Å²) >= 11 is 0. The fraction of sp³-hybridized carbons (Fsp3) is 0.867. The molecule has 1 saturated carbocycles. The van der Waals surface area contributed by atoms with Crippen molar-refractivity contribution >= 4 is 8.32 Å². The van der Waals surface area contributed by atoms with E-state index in [4.69, 9.17) is 8.54 Å². The fourth-order valence-electron chi connectivity index (χ4n) is 2.28. The van der Waals surface area contributed by atoms with E-state index in [0.717, 1.165) is 0 Å². The first-order chi connectivity index (χ1) is 9.63. The quantitative estimate of drug-likeness (QED) is 0.604. The Morgan fingerprint density at radius 2 is 2.05 bits per heavy atom. The lowest BCUT2D eigenvalue weighted by molar-refractivity contribution is 0.0688. The largest absolute Gasteiger partial charge is 0.414 e. The summed E-state index contributed by atoms with van der Waals surface area (Å²) in [5, 5.41) is 20.1. The minimum atomic E-state index is -2.63. The zero-order valence-corrected chi connectivity index (χ0v) is 13.7. The number of allylic oxidation sites excluding steroid dienone is 1. The highest BCUT2D eigenvalue weighted by Gasteiger charge is 2.47. The summed E-state index contributed by atoms with van der Waals surface area (Å²) in [7, 11) is -2.12. The maximum Gasteiger partial charge on any atom is 0.192 e. The van der Waals surface area contributed by atoms with Crippen LogP contribution in [0.15, 0.2) is 12.7 Å².